The summed E-state index contributed by atoms with van der Waals surface area (Å²) < 4.78 is 48.7. The van der Waals surface area contributed by atoms with Gasteiger partial charge in [-0.05, 0) is 27.5 Å². The van der Waals surface area contributed by atoms with Gasteiger partial charge in [-0.3, -0.25) is 0 Å². The molecule has 0 aliphatic rings. The molecule has 0 saturated carbocycles. The van der Waals surface area contributed by atoms with Crippen molar-refractivity contribution >= 4 is 37.6 Å². The van der Waals surface area contributed by atoms with Crippen molar-refractivity contribution in [3.05, 3.63) is 29.3 Å². The molecule has 16 heavy (non-hydrogen) atoms. The van der Waals surface area contributed by atoms with Crippen molar-refractivity contribution < 1.29 is 17.2 Å². The minimum Gasteiger partial charge on any atom is -0.220 e. The summed E-state index contributed by atoms with van der Waals surface area (Å²) in [4.78, 5) is 3.31. The van der Waals surface area contributed by atoms with E-state index in [4.69, 9.17) is 11.6 Å². The maximum Gasteiger partial charge on any atom is 0.366 e. The monoisotopic (exact) mass is 334 g/mol. The molecule has 1 heterocycles. The first-order valence-electron chi connectivity index (χ1n) is 3.84. The van der Waals surface area contributed by atoms with Crippen molar-refractivity contribution in [1.82, 2.24) is 8.96 Å². The summed E-state index contributed by atoms with van der Waals surface area (Å²) in [6.45, 7) is 3.25. The second-order valence-corrected chi connectivity index (χ2v) is 5.83. The van der Waals surface area contributed by atoms with E-state index >= 15 is 0 Å². The predicted molar refractivity (Wildman–Crippen MR) is 59.1 cm³/mol. The number of rotatable bonds is 4. The number of nitrogens with zero attached hydrogens (tertiary/aromatic N) is 2. The zero-order chi connectivity index (χ0) is 12.6. The SMILES string of the molecule is C=CCS(=O)(=O)n1cc(C(F)(F)Cl)nc1Br. The molecule has 90 valence electrons. The molecule has 1 rings (SSSR count). The quantitative estimate of drug-likeness (QED) is 0.627. The Hall–Kier alpha value is -0.470. The highest BCUT2D eigenvalue weighted by Gasteiger charge is 2.33. The lowest BCUT2D eigenvalue weighted by Gasteiger charge is -2.03. The molecule has 0 fully saturated rings. The summed E-state index contributed by atoms with van der Waals surface area (Å²) in [6.07, 6.45) is 1.80. The summed E-state index contributed by atoms with van der Waals surface area (Å²) in [7, 11) is -3.78. The summed E-state index contributed by atoms with van der Waals surface area (Å²) in [5.74, 6) is -0.394. The normalized spacial score (nSPS) is 12.8. The number of hydrogen-bond donors (Lipinski definition) is 0. The number of imidazole rings is 1. The fourth-order valence-electron chi connectivity index (χ4n) is 0.903. The molecule has 1 aromatic heterocycles. The van der Waals surface area contributed by atoms with Crippen molar-refractivity contribution in [2.24, 2.45) is 0 Å². The minimum absolute atomic E-state index is 0.260. The lowest BCUT2D eigenvalue weighted by Crippen LogP contribution is -2.14. The van der Waals surface area contributed by atoms with E-state index < -0.39 is 26.9 Å². The molecule has 1 aromatic rings. The van der Waals surface area contributed by atoms with E-state index in [1.54, 1.807) is 0 Å². The van der Waals surface area contributed by atoms with Gasteiger partial charge in [0.2, 0.25) is 10.0 Å². The van der Waals surface area contributed by atoms with Crippen LogP contribution in [-0.4, -0.2) is 23.1 Å². The van der Waals surface area contributed by atoms with Gasteiger partial charge in [-0.15, -0.1) is 6.58 Å². The lowest BCUT2D eigenvalue weighted by molar-refractivity contribution is 0.0904. The highest BCUT2D eigenvalue weighted by Crippen LogP contribution is 2.32. The highest BCUT2D eigenvalue weighted by atomic mass is 79.9. The average Bonchev–Trinajstić information content (AvgIpc) is 2.46. The van der Waals surface area contributed by atoms with Gasteiger partial charge < -0.3 is 0 Å². The number of halogens is 4. The van der Waals surface area contributed by atoms with Crippen LogP contribution in [0.2, 0.25) is 0 Å². The van der Waals surface area contributed by atoms with Crippen LogP contribution >= 0.6 is 27.5 Å². The van der Waals surface area contributed by atoms with E-state index in [0.717, 1.165) is 6.08 Å². The van der Waals surface area contributed by atoms with Crippen LogP contribution in [0.25, 0.3) is 0 Å². The molecule has 0 aliphatic heterocycles. The van der Waals surface area contributed by atoms with E-state index in [-0.39, 0.29) is 4.73 Å². The van der Waals surface area contributed by atoms with Gasteiger partial charge in [-0.2, -0.15) is 8.78 Å². The van der Waals surface area contributed by atoms with Gasteiger partial charge in [0.25, 0.3) is 0 Å². The zero-order valence-corrected chi connectivity index (χ0v) is 10.9. The predicted octanol–water partition coefficient (Wildman–Crippen LogP) is 2.30. The highest BCUT2D eigenvalue weighted by molar-refractivity contribution is 9.10. The van der Waals surface area contributed by atoms with Crippen LogP contribution < -0.4 is 0 Å². The van der Waals surface area contributed by atoms with Gasteiger partial charge >= 0.3 is 5.38 Å². The second kappa shape index (κ2) is 4.42. The average molecular weight is 336 g/mol. The van der Waals surface area contributed by atoms with Crippen LogP contribution in [0.1, 0.15) is 5.69 Å². The third kappa shape index (κ3) is 2.80. The standard InChI is InChI=1S/C7H6BrClF2N2O2S/c1-2-3-16(14,15)13-4-5(7(9,10)11)12-6(13)8/h2,4H,1,3H2. The molecule has 0 amide bonds. The molecule has 9 heteroatoms. The van der Waals surface area contributed by atoms with Gasteiger partial charge in [0.05, 0.1) is 11.9 Å². The van der Waals surface area contributed by atoms with Crippen molar-refractivity contribution in [1.29, 1.82) is 0 Å². The molecule has 0 aromatic carbocycles. The van der Waals surface area contributed by atoms with E-state index in [1.807, 2.05) is 0 Å². The van der Waals surface area contributed by atoms with E-state index in [2.05, 4.69) is 27.5 Å². The van der Waals surface area contributed by atoms with Gasteiger partial charge in [-0.25, -0.2) is 17.4 Å². The summed E-state index contributed by atoms with van der Waals surface area (Å²) >= 11 is 7.49. The third-order valence-corrected chi connectivity index (χ3v) is 4.08. The Morgan fingerprint density at radius 3 is 2.62 bits per heavy atom. The van der Waals surface area contributed by atoms with E-state index in [0.29, 0.717) is 10.2 Å². The largest absolute Gasteiger partial charge is 0.366 e. The van der Waals surface area contributed by atoms with Crippen LogP contribution in [0.4, 0.5) is 8.78 Å². The van der Waals surface area contributed by atoms with E-state index in [9.17, 15) is 17.2 Å². The zero-order valence-electron chi connectivity index (χ0n) is 7.70. The van der Waals surface area contributed by atoms with E-state index in [1.165, 1.54) is 0 Å². The maximum atomic E-state index is 12.7. The molecule has 4 nitrogen and oxygen atoms in total. The Balaban J connectivity index is 3.28. The molecule has 0 saturated heterocycles. The third-order valence-electron chi connectivity index (χ3n) is 1.55. The Kier molecular flexibility index (Phi) is 3.76. The van der Waals surface area contributed by atoms with Crippen LogP contribution in [-0.2, 0) is 15.4 Å². The molecular weight excluding hydrogens is 330 g/mol. The van der Waals surface area contributed by atoms with Crippen molar-refractivity contribution in [3.63, 3.8) is 0 Å². The molecule has 0 unspecified atom stereocenters. The number of aromatic nitrogens is 2. The van der Waals surface area contributed by atoms with Crippen molar-refractivity contribution in [2.75, 3.05) is 5.75 Å². The van der Waals surface area contributed by atoms with Gasteiger partial charge in [0.1, 0.15) is 5.69 Å². The molecular formula is C7H6BrClF2N2O2S. The van der Waals surface area contributed by atoms with Crippen LogP contribution in [0.3, 0.4) is 0 Å². The number of hydrogen-bond acceptors (Lipinski definition) is 3. The Morgan fingerprint density at radius 2 is 2.25 bits per heavy atom. The molecule has 0 N–H and O–H groups in total. The summed E-state index contributed by atoms with van der Waals surface area (Å²) in [5, 5.41) is -3.71. The smallest absolute Gasteiger partial charge is 0.220 e. The summed E-state index contributed by atoms with van der Waals surface area (Å²) in [5.41, 5.74) is -0.839. The second-order valence-electron chi connectivity index (χ2n) is 2.76. The van der Waals surface area contributed by atoms with Gasteiger partial charge in [-0.1, -0.05) is 6.08 Å². The maximum absolute atomic E-state index is 12.7. The molecule has 0 atom stereocenters. The first-order chi connectivity index (χ1) is 7.18. The Labute approximate surface area is 104 Å². The molecule has 0 spiro atoms. The first kappa shape index (κ1) is 13.6. The first-order valence-corrected chi connectivity index (χ1v) is 6.62. The molecule has 0 aliphatic carbocycles. The van der Waals surface area contributed by atoms with Gasteiger partial charge in [0.15, 0.2) is 4.73 Å². The lowest BCUT2D eigenvalue weighted by atomic mass is 10.5. The van der Waals surface area contributed by atoms with Crippen molar-refractivity contribution in [2.45, 2.75) is 5.38 Å². The van der Waals surface area contributed by atoms with Gasteiger partial charge in [0, 0.05) is 0 Å². The minimum atomic E-state index is -3.78. The Morgan fingerprint density at radius 1 is 1.69 bits per heavy atom. The molecule has 0 bridgehead atoms. The van der Waals surface area contributed by atoms with Crippen LogP contribution in [0.15, 0.2) is 23.6 Å². The Bertz CT molecular complexity index is 509. The van der Waals surface area contributed by atoms with Crippen LogP contribution in [0, 0.1) is 0 Å². The fraction of sp³-hybridized carbons (Fsp3) is 0.286. The van der Waals surface area contributed by atoms with Crippen molar-refractivity contribution in [3.8, 4) is 0 Å². The summed E-state index contributed by atoms with van der Waals surface area (Å²) in [6, 6.07) is 0. The molecule has 0 radical (unpaired) electrons. The fourth-order valence-corrected chi connectivity index (χ4v) is 2.94. The van der Waals surface area contributed by atoms with Crippen LogP contribution in [0.5, 0.6) is 0 Å². The topological polar surface area (TPSA) is 52.0 Å². The number of alkyl halides is 3.